The van der Waals surface area contributed by atoms with Crippen molar-refractivity contribution in [2.75, 3.05) is 11.1 Å². The van der Waals surface area contributed by atoms with Crippen molar-refractivity contribution in [2.45, 2.75) is 46.1 Å². The molecule has 0 amide bonds. The van der Waals surface area contributed by atoms with Crippen LogP contribution in [0.4, 0.5) is 11.5 Å². The van der Waals surface area contributed by atoms with Gasteiger partial charge in [0, 0.05) is 6.04 Å². The third-order valence-electron chi connectivity index (χ3n) is 2.63. The Kier molecular flexibility index (Phi) is 4.40. The number of aryl methyl sites for hydroxylation is 1. The Morgan fingerprint density at radius 1 is 1.47 bits per heavy atom. The summed E-state index contributed by atoms with van der Waals surface area (Å²) in [5.41, 5.74) is 7.56. The van der Waals surface area contributed by atoms with E-state index in [0.29, 0.717) is 6.04 Å². The highest BCUT2D eigenvalue weighted by Crippen LogP contribution is 2.15. The summed E-state index contributed by atoms with van der Waals surface area (Å²) in [6.45, 7) is 6.40. The summed E-state index contributed by atoms with van der Waals surface area (Å²) in [6, 6.07) is 2.53. The summed E-state index contributed by atoms with van der Waals surface area (Å²) in [5.74, 6) is 0.932. The Morgan fingerprint density at radius 2 is 2.20 bits per heavy atom. The summed E-state index contributed by atoms with van der Waals surface area (Å²) >= 11 is 0. The zero-order valence-corrected chi connectivity index (χ0v) is 9.88. The molecule has 0 radical (unpaired) electrons. The van der Waals surface area contributed by atoms with Crippen LogP contribution in [0.5, 0.6) is 0 Å². The van der Waals surface area contributed by atoms with Crippen molar-refractivity contribution in [3.63, 3.8) is 0 Å². The highest BCUT2D eigenvalue weighted by Gasteiger charge is 2.05. The van der Waals surface area contributed by atoms with E-state index in [1.165, 1.54) is 12.8 Å². The molecule has 1 aromatic heterocycles. The smallest absolute Gasteiger partial charge is 0.126 e. The number of hydrogen-bond donors (Lipinski definition) is 2. The molecule has 0 aliphatic rings. The molecule has 1 heterocycles. The number of hydrogen-bond acceptors (Lipinski definition) is 3. The monoisotopic (exact) mass is 207 g/mol. The number of aromatic nitrogens is 1. The van der Waals surface area contributed by atoms with Gasteiger partial charge in [-0.2, -0.15) is 0 Å². The lowest BCUT2D eigenvalue weighted by atomic mass is 10.1. The minimum Gasteiger partial charge on any atom is -0.397 e. The number of nitrogens with two attached hydrogens (primary N) is 1. The van der Waals surface area contributed by atoms with Crippen LogP contribution in [0.15, 0.2) is 12.3 Å². The molecule has 1 atom stereocenters. The van der Waals surface area contributed by atoms with Crippen LogP contribution in [0.2, 0.25) is 0 Å². The van der Waals surface area contributed by atoms with Gasteiger partial charge < -0.3 is 11.1 Å². The molecular formula is C12H21N3. The second-order valence-corrected chi connectivity index (χ2v) is 3.96. The van der Waals surface area contributed by atoms with Crippen LogP contribution in [0.25, 0.3) is 0 Å². The van der Waals surface area contributed by atoms with Crippen LogP contribution >= 0.6 is 0 Å². The predicted molar refractivity (Wildman–Crippen MR) is 66.0 cm³/mol. The van der Waals surface area contributed by atoms with Crippen LogP contribution in [0.3, 0.4) is 0 Å². The van der Waals surface area contributed by atoms with E-state index in [9.17, 15) is 0 Å². The summed E-state index contributed by atoms with van der Waals surface area (Å²) < 4.78 is 0. The zero-order chi connectivity index (χ0) is 11.3. The normalized spacial score (nSPS) is 12.5. The van der Waals surface area contributed by atoms with Crippen molar-refractivity contribution in [1.82, 2.24) is 4.98 Å². The first-order valence-corrected chi connectivity index (χ1v) is 5.66. The standard InChI is InChI=1S/C12H21N3/c1-4-6-10(5-2)15-12-7-9(3)11(13)8-14-12/h7-8,10H,4-6,13H2,1-3H3,(H,14,15). The number of nitrogen functional groups attached to an aromatic ring is 1. The second kappa shape index (κ2) is 5.59. The van der Waals surface area contributed by atoms with Crippen LogP contribution in [0, 0.1) is 6.92 Å². The fourth-order valence-electron chi connectivity index (χ4n) is 1.58. The maximum absolute atomic E-state index is 5.72. The number of nitrogens with zero attached hydrogens (tertiary/aromatic N) is 1. The quantitative estimate of drug-likeness (QED) is 0.780. The third-order valence-corrected chi connectivity index (χ3v) is 2.63. The van der Waals surface area contributed by atoms with E-state index in [1.54, 1.807) is 6.20 Å². The molecule has 3 nitrogen and oxygen atoms in total. The lowest BCUT2D eigenvalue weighted by molar-refractivity contribution is 0.620. The molecule has 0 aromatic carbocycles. The van der Waals surface area contributed by atoms with Crippen molar-refractivity contribution >= 4 is 11.5 Å². The molecule has 3 N–H and O–H groups in total. The summed E-state index contributed by atoms with van der Waals surface area (Å²) in [5, 5.41) is 3.43. The van der Waals surface area contributed by atoms with Crippen LogP contribution in [-0.2, 0) is 0 Å². The third kappa shape index (κ3) is 3.42. The molecule has 0 bridgehead atoms. The van der Waals surface area contributed by atoms with Gasteiger partial charge in [-0.1, -0.05) is 20.3 Å². The number of rotatable bonds is 5. The first-order valence-electron chi connectivity index (χ1n) is 5.66. The summed E-state index contributed by atoms with van der Waals surface area (Å²) in [7, 11) is 0. The molecule has 0 aliphatic heterocycles. The van der Waals surface area contributed by atoms with Gasteiger partial charge >= 0.3 is 0 Å². The topological polar surface area (TPSA) is 50.9 Å². The minimum absolute atomic E-state index is 0.519. The molecule has 15 heavy (non-hydrogen) atoms. The number of pyridine rings is 1. The molecular weight excluding hydrogens is 186 g/mol. The van der Waals surface area contributed by atoms with E-state index in [2.05, 4.69) is 24.1 Å². The molecule has 84 valence electrons. The van der Waals surface area contributed by atoms with Crippen LogP contribution in [-0.4, -0.2) is 11.0 Å². The maximum atomic E-state index is 5.72. The molecule has 0 aliphatic carbocycles. The molecule has 1 unspecified atom stereocenters. The minimum atomic E-state index is 0.519. The van der Waals surface area contributed by atoms with Gasteiger partial charge in [0.25, 0.3) is 0 Å². The maximum Gasteiger partial charge on any atom is 0.126 e. The van der Waals surface area contributed by atoms with Crippen molar-refractivity contribution in [3.8, 4) is 0 Å². The molecule has 0 saturated heterocycles. The number of nitrogens with one attached hydrogen (secondary N) is 1. The highest BCUT2D eigenvalue weighted by atomic mass is 15.0. The van der Waals surface area contributed by atoms with Gasteiger partial charge in [-0.25, -0.2) is 4.98 Å². The lowest BCUT2D eigenvalue weighted by Crippen LogP contribution is -2.18. The Balaban J connectivity index is 2.66. The van der Waals surface area contributed by atoms with E-state index in [4.69, 9.17) is 5.73 Å². The SMILES string of the molecule is CCCC(CC)Nc1cc(C)c(N)cn1. The van der Waals surface area contributed by atoms with Crippen LogP contribution < -0.4 is 11.1 Å². The van der Waals surface area contributed by atoms with Gasteiger partial charge in [0.2, 0.25) is 0 Å². The van der Waals surface area contributed by atoms with Gasteiger partial charge in [-0.15, -0.1) is 0 Å². The molecule has 0 fully saturated rings. The van der Waals surface area contributed by atoms with E-state index in [0.717, 1.165) is 23.5 Å². The highest BCUT2D eigenvalue weighted by molar-refractivity contribution is 5.51. The average molecular weight is 207 g/mol. The van der Waals surface area contributed by atoms with Gasteiger partial charge in [-0.05, 0) is 31.4 Å². The largest absolute Gasteiger partial charge is 0.397 e. The molecule has 0 saturated carbocycles. The molecule has 3 heteroatoms. The van der Waals surface area contributed by atoms with Gasteiger partial charge in [-0.3, -0.25) is 0 Å². The molecule has 0 spiro atoms. The molecule has 1 aromatic rings. The van der Waals surface area contributed by atoms with E-state index < -0.39 is 0 Å². The van der Waals surface area contributed by atoms with Crippen molar-refractivity contribution in [3.05, 3.63) is 17.8 Å². The number of anilines is 2. The summed E-state index contributed by atoms with van der Waals surface area (Å²) in [6.07, 6.45) is 5.22. The Labute approximate surface area is 92.1 Å². The van der Waals surface area contributed by atoms with Gasteiger partial charge in [0.15, 0.2) is 0 Å². The fraction of sp³-hybridized carbons (Fsp3) is 0.583. The first-order chi connectivity index (χ1) is 7.17. The van der Waals surface area contributed by atoms with Gasteiger partial charge in [0.1, 0.15) is 5.82 Å². The second-order valence-electron chi connectivity index (χ2n) is 3.96. The lowest BCUT2D eigenvalue weighted by Gasteiger charge is -2.17. The Hall–Kier alpha value is -1.25. The van der Waals surface area contributed by atoms with E-state index >= 15 is 0 Å². The Morgan fingerprint density at radius 3 is 2.73 bits per heavy atom. The first kappa shape index (κ1) is 11.8. The fourth-order valence-corrected chi connectivity index (χ4v) is 1.58. The summed E-state index contributed by atoms with van der Waals surface area (Å²) in [4.78, 5) is 4.27. The van der Waals surface area contributed by atoms with E-state index in [1.807, 2.05) is 13.0 Å². The van der Waals surface area contributed by atoms with Gasteiger partial charge in [0.05, 0.1) is 11.9 Å². The average Bonchev–Trinajstić information content (AvgIpc) is 2.23. The Bertz CT molecular complexity index is 310. The van der Waals surface area contributed by atoms with Crippen LogP contribution in [0.1, 0.15) is 38.7 Å². The van der Waals surface area contributed by atoms with E-state index in [-0.39, 0.29) is 0 Å². The van der Waals surface area contributed by atoms with Crippen molar-refractivity contribution in [1.29, 1.82) is 0 Å². The van der Waals surface area contributed by atoms with Crippen molar-refractivity contribution < 1.29 is 0 Å². The zero-order valence-electron chi connectivity index (χ0n) is 9.88. The molecule has 1 rings (SSSR count). The van der Waals surface area contributed by atoms with Crippen molar-refractivity contribution in [2.24, 2.45) is 0 Å². The predicted octanol–water partition coefficient (Wildman–Crippen LogP) is 2.96.